The van der Waals surface area contributed by atoms with E-state index in [1.807, 2.05) is 16.7 Å². The Morgan fingerprint density at radius 2 is 2.21 bits per heavy atom. The van der Waals surface area contributed by atoms with Crippen LogP contribution < -0.4 is 15.1 Å². The largest absolute Gasteiger partial charge is 0.434 e. The highest BCUT2D eigenvalue weighted by atomic mass is 32.2. The number of carbonyl (C=O) groups excluding carboxylic acids is 2. The lowest BCUT2D eigenvalue weighted by Crippen LogP contribution is -2.35. The van der Waals surface area contributed by atoms with Crippen LogP contribution in [-0.2, 0) is 9.53 Å². The van der Waals surface area contributed by atoms with Crippen molar-refractivity contribution in [2.45, 2.75) is 12.5 Å². The highest BCUT2D eigenvalue weighted by Gasteiger charge is 2.36. The SMILES string of the molecule is CNC(=O)[C@H]1CN(c2ccc(N3CCCSCC3)c(F)c2)C(=O)O1. The van der Waals surface area contributed by atoms with E-state index in [2.05, 4.69) is 5.32 Å². The van der Waals surface area contributed by atoms with E-state index in [9.17, 15) is 14.0 Å². The molecule has 130 valence electrons. The molecule has 2 heterocycles. The number of rotatable bonds is 3. The number of nitrogens with one attached hydrogen (secondary N) is 1. The maximum absolute atomic E-state index is 14.6. The van der Waals surface area contributed by atoms with Crippen LogP contribution in [-0.4, -0.2) is 56.3 Å². The van der Waals surface area contributed by atoms with Crippen LogP contribution in [0.25, 0.3) is 0 Å². The third kappa shape index (κ3) is 3.43. The zero-order chi connectivity index (χ0) is 17.1. The lowest BCUT2D eigenvalue weighted by Gasteiger charge is -2.24. The number of carbonyl (C=O) groups is 2. The second-order valence-electron chi connectivity index (χ2n) is 5.69. The molecular formula is C16H20FN3O3S. The first kappa shape index (κ1) is 16.9. The van der Waals surface area contributed by atoms with Crippen LogP contribution in [0.15, 0.2) is 18.2 Å². The predicted molar refractivity (Wildman–Crippen MR) is 92.2 cm³/mol. The summed E-state index contributed by atoms with van der Waals surface area (Å²) in [6.07, 6.45) is -0.479. The molecular weight excluding hydrogens is 333 g/mol. The fourth-order valence-corrected chi connectivity index (χ4v) is 3.77. The molecule has 2 fully saturated rings. The molecule has 2 saturated heterocycles. The van der Waals surface area contributed by atoms with Gasteiger partial charge in [0.2, 0.25) is 0 Å². The van der Waals surface area contributed by atoms with Gasteiger partial charge in [0.15, 0.2) is 6.10 Å². The number of thioether (sulfide) groups is 1. The van der Waals surface area contributed by atoms with Crippen molar-refractivity contribution in [1.82, 2.24) is 5.32 Å². The summed E-state index contributed by atoms with van der Waals surface area (Å²) in [5.74, 6) is 1.34. The van der Waals surface area contributed by atoms with Crippen molar-refractivity contribution in [2.24, 2.45) is 0 Å². The molecule has 2 aliphatic heterocycles. The van der Waals surface area contributed by atoms with Gasteiger partial charge < -0.3 is 15.0 Å². The van der Waals surface area contributed by atoms with Gasteiger partial charge >= 0.3 is 6.09 Å². The second-order valence-corrected chi connectivity index (χ2v) is 6.91. The van der Waals surface area contributed by atoms with Crippen molar-refractivity contribution in [2.75, 3.05) is 48.0 Å². The Bertz CT molecular complexity index is 635. The number of nitrogens with zero attached hydrogens (tertiary/aromatic N) is 2. The molecule has 1 atom stereocenters. The van der Waals surface area contributed by atoms with E-state index >= 15 is 0 Å². The Morgan fingerprint density at radius 3 is 2.96 bits per heavy atom. The Morgan fingerprint density at radius 1 is 1.38 bits per heavy atom. The van der Waals surface area contributed by atoms with Gasteiger partial charge in [-0.15, -0.1) is 0 Å². The van der Waals surface area contributed by atoms with Crippen molar-refractivity contribution in [3.8, 4) is 0 Å². The molecule has 0 spiro atoms. The minimum absolute atomic E-state index is 0.0810. The molecule has 1 aromatic rings. The molecule has 0 bridgehead atoms. The van der Waals surface area contributed by atoms with Crippen LogP contribution >= 0.6 is 11.8 Å². The average Bonchev–Trinajstić information content (AvgIpc) is 2.79. The normalized spacial score (nSPS) is 21.4. The quantitative estimate of drug-likeness (QED) is 0.898. The van der Waals surface area contributed by atoms with Gasteiger partial charge in [0, 0.05) is 25.9 Å². The van der Waals surface area contributed by atoms with E-state index in [-0.39, 0.29) is 18.3 Å². The summed E-state index contributed by atoms with van der Waals surface area (Å²) in [7, 11) is 1.48. The van der Waals surface area contributed by atoms with E-state index in [0.717, 1.165) is 31.0 Å². The number of benzene rings is 1. The van der Waals surface area contributed by atoms with E-state index in [1.54, 1.807) is 12.1 Å². The van der Waals surface area contributed by atoms with Gasteiger partial charge in [-0.25, -0.2) is 9.18 Å². The van der Waals surface area contributed by atoms with Crippen molar-refractivity contribution < 1.29 is 18.7 Å². The van der Waals surface area contributed by atoms with E-state index in [1.165, 1.54) is 18.0 Å². The number of amides is 2. The molecule has 0 aliphatic carbocycles. The van der Waals surface area contributed by atoms with Gasteiger partial charge in [-0.3, -0.25) is 9.69 Å². The molecule has 0 unspecified atom stereocenters. The summed E-state index contributed by atoms with van der Waals surface area (Å²) in [5, 5.41) is 2.44. The van der Waals surface area contributed by atoms with Crippen molar-refractivity contribution >= 4 is 35.1 Å². The predicted octanol–water partition coefficient (Wildman–Crippen LogP) is 1.84. The van der Waals surface area contributed by atoms with Gasteiger partial charge in [0.1, 0.15) is 5.82 Å². The summed E-state index contributed by atoms with van der Waals surface area (Å²) in [6, 6.07) is 4.73. The molecule has 24 heavy (non-hydrogen) atoms. The highest BCUT2D eigenvalue weighted by molar-refractivity contribution is 7.99. The number of hydrogen-bond acceptors (Lipinski definition) is 5. The fraction of sp³-hybridized carbons (Fsp3) is 0.500. The van der Waals surface area contributed by atoms with Gasteiger partial charge in [-0.05, 0) is 30.4 Å². The maximum atomic E-state index is 14.6. The standard InChI is InChI=1S/C16H20FN3O3S/c1-18-15(21)14-10-20(16(22)23-14)11-3-4-13(12(17)9-11)19-5-2-7-24-8-6-19/h3-4,9,14H,2,5-8,10H2,1H3,(H,18,21)/t14-/m1/s1. The lowest BCUT2D eigenvalue weighted by atomic mass is 10.2. The Hall–Kier alpha value is -1.96. The number of hydrogen-bond donors (Lipinski definition) is 1. The van der Waals surface area contributed by atoms with Crippen LogP contribution in [0.2, 0.25) is 0 Å². The summed E-state index contributed by atoms with van der Waals surface area (Å²) >= 11 is 1.88. The Kier molecular flexibility index (Phi) is 5.13. The van der Waals surface area contributed by atoms with Crippen LogP contribution in [0.3, 0.4) is 0 Å². The van der Waals surface area contributed by atoms with Crippen molar-refractivity contribution in [1.29, 1.82) is 0 Å². The monoisotopic (exact) mass is 353 g/mol. The number of cyclic esters (lactones) is 1. The van der Waals surface area contributed by atoms with E-state index < -0.39 is 12.2 Å². The molecule has 6 nitrogen and oxygen atoms in total. The first-order chi connectivity index (χ1) is 11.6. The van der Waals surface area contributed by atoms with Crippen molar-refractivity contribution in [3.05, 3.63) is 24.0 Å². The topological polar surface area (TPSA) is 61.9 Å². The van der Waals surface area contributed by atoms with E-state index in [4.69, 9.17) is 4.74 Å². The van der Waals surface area contributed by atoms with Gasteiger partial charge in [-0.2, -0.15) is 11.8 Å². The first-order valence-corrected chi connectivity index (χ1v) is 9.07. The maximum Gasteiger partial charge on any atom is 0.415 e. The molecule has 0 radical (unpaired) electrons. The first-order valence-electron chi connectivity index (χ1n) is 7.92. The van der Waals surface area contributed by atoms with E-state index in [0.29, 0.717) is 11.4 Å². The summed E-state index contributed by atoms with van der Waals surface area (Å²) in [6.45, 7) is 1.72. The lowest BCUT2D eigenvalue weighted by molar-refractivity contribution is -0.127. The molecule has 8 heteroatoms. The Labute approximate surface area is 144 Å². The summed E-state index contributed by atoms with van der Waals surface area (Å²) in [4.78, 5) is 26.9. The molecule has 3 rings (SSSR count). The number of halogens is 1. The zero-order valence-corrected chi connectivity index (χ0v) is 14.3. The average molecular weight is 353 g/mol. The molecule has 1 aromatic carbocycles. The number of ether oxygens (including phenoxy) is 1. The molecule has 1 N–H and O–H groups in total. The van der Waals surface area contributed by atoms with Gasteiger partial charge in [-0.1, -0.05) is 0 Å². The fourth-order valence-electron chi connectivity index (χ4n) is 2.88. The zero-order valence-electron chi connectivity index (χ0n) is 13.5. The molecule has 2 aliphatic rings. The smallest absolute Gasteiger partial charge is 0.415 e. The second kappa shape index (κ2) is 7.29. The third-order valence-electron chi connectivity index (χ3n) is 4.16. The van der Waals surface area contributed by atoms with Gasteiger partial charge in [0.05, 0.1) is 17.9 Å². The van der Waals surface area contributed by atoms with Crippen LogP contribution in [0.1, 0.15) is 6.42 Å². The molecule has 0 aromatic heterocycles. The van der Waals surface area contributed by atoms with Gasteiger partial charge in [0.25, 0.3) is 5.91 Å². The summed E-state index contributed by atoms with van der Waals surface area (Å²) < 4.78 is 19.6. The number of likely N-dealkylation sites (N-methyl/N-ethyl adjacent to an activating group) is 1. The van der Waals surface area contributed by atoms with Crippen LogP contribution in [0.5, 0.6) is 0 Å². The summed E-state index contributed by atoms with van der Waals surface area (Å²) in [5.41, 5.74) is 0.952. The van der Waals surface area contributed by atoms with Crippen LogP contribution in [0.4, 0.5) is 20.6 Å². The minimum atomic E-state index is -0.868. The number of anilines is 2. The Balaban J connectivity index is 1.77. The highest BCUT2D eigenvalue weighted by Crippen LogP contribution is 2.29. The molecule has 2 amide bonds. The van der Waals surface area contributed by atoms with Crippen LogP contribution in [0, 0.1) is 5.82 Å². The van der Waals surface area contributed by atoms with Crippen molar-refractivity contribution in [3.63, 3.8) is 0 Å². The minimum Gasteiger partial charge on any atom is -0.434 e. The molecule has 0 saturated carbocycles. The third-order valence-corrected chi connectivity index (χ3v) is 5.21.